The maximum atomic E-state index is 13.2. The average molecular weight is 388 g/mol. The minimum atomic E-state index is -1.17. The number of rotatable bonds is 8. The normalized spacial score (nSPS) is 11.4. The molecule has 2 aromatic carbocycles. The summed E-state index contributed by atoms with van der Waals surface area (Å²) in [6.45, 7) is 1.44. The van der Waals surface area contributed by atoms with E-state index >= 15 is 0 Å². The average Bonchev–Trinajstić information content (AvgIpc) is 2.65. The van der Waals surface area contributed by atoms with Gasteiger partial charge in [0.05, 0.1) is 13.5 Å². The molecule has 0 unspecified atom stereocenters. The molecule has 0 saturated carbocycles. The summed E-state index contributed by atoms with van der Waals surface area (Å²) in [6, 6.07) is 11.2. The van der Waals surface area contributed by atoms with Crippen molar-refractivity contribution >= 4 is 23.5 Å². The summed E-state index contributed by atoms with van der Waals surface area (Å²) < 4.78 is 23.5. The van der Waals surface area contributed by atoms with Crippen LogP contribution >= 0.6 is 0 Å². The van der Waals surface area contributed by atoms with Crippen molar-refractivity contribution in [2.24, 2.45) is 5.73 Å². The number of benzene rings is 2. The van der Waals surface area contributed by atoms with Gasteiger partial charge in [0.1, 0.15) is 24.2 Å². The molecule has 1 atom stereocenters. The van der Waals surface area contributed by atoms with Gasteiger partial charge < -0.3 is 15.2 Å². The van der Waals surface area contributed by atoms with Gasteiger partial charge in [-0.15, -0.1) is 0 Å². The molecule has 2 amide bonds. The molecule has 0 aliphatic heterocycles. The minimum Gasteiger partial charge on any atom is -0.489 e. The highest BCUT2D eigenvalue weighted by Crippen LogP contribution is 2.24. The molecule has 0 aromatic heterocycles. The lowest BCUT2D eigenvalue weighted by Crippen LogP contribution is -2.47. The first kappa shape index (κ1) is 20.9. The standard InChI is InChI=1S/C20H21FN2O5/c1-13(24)23(18(11-19(22)25)20(26)27-2)16-6-8-17(9-7-16)28-12-14-4-3-5-15(21)10-14/h3-10,18H,11-12H2,1-2H3,(H2,22,25)/t18-/m0/s1. The van der Waals surface area contributed by atoms with Crippen LogP contribution in [0.25, 0.3) is 0 Å². The van der Waals surface area contributed by atoms with Crippen LogP contribution in [0.5, 0.6) is 5.75 Å². The van der Waals surface area contributed by atoms with Crippen LogP contribution < -0.4 is 15.4 Å². The zero-order valence-corrected chi connectivity index (χ0v) is 15.6. The molecule has 2 rings (SSSR count). The monoisotopic (exact) mass is 388 g/mol. The van der Waals surface area contributed by atoms with E-state index in [0.717, 1.165) is 12.0 Å². The Morgan fingerprint density at radius 3 is 2.36 bits per heavy atom. The zero-order chi connectivity index (χ0) is 20.7. The molecule has 7 nitrogen and oxygen atoms in total. The van der Waals surface area contributed by atoms with E-state index in [-0.39, 0.29) is 18.8 Å². The van der Waals surface area contributed by atoms with E-state index in [1.165, 1.54) is 19.1 Å². The topological polar surface area (TPSA) is 98.9 Å². The molecule has 0 radical (unpaired) electrons. The van der Waals surface area contributed by atoms with Gasteiger partial charge in [0.15, 0.2) is 0 Å². The van der Waals surface area contributed by atoms with Gasteiger partial charge >= 0.3 is 5.97 Å². The lowest BCUT2D eigenvalue weighted by molar-refractivity contribution is -0.144. The summed E-state index contributed by atoms with van der Waals surface area (Å²) in [6.07, 6.45) is -0.371. The van der Waals surface area contributed by atoms with Gasteiger partial charge in [-0.2, -0.15) is 0 Å². The molecule has 28 heavy (non-hydrogen) atoms. The third-order valence-corrected chi connectivity index (χ3v) is 3.93. The molecule has 0 spiro atoms. The number of hydrogen-bond donors (Lipinski definition) is 1. The molecule has 148 valence electrons. The fourth-order valence-electron chi connectivity index (χ4n) is 2.68. The Bertz CT molecular complexity index is 854. The van der Waals surface area contributed by atoms with Crippen LogP contribution in [0.15, 0.2) is 48.5 Å². The summed E-state index contributed by atoms with van der Waals surface area (Å²) in [5.74, 6) is -1.81. The smallest absolute Gasteiger partial charge is 0.329 e. The van der Waals surface area contributed by atoms with E-state index in [9.17, 15) is 18.8 Å². The van der Waals surface area contributed by atoms with E-state index in [2.05, 4.69) is 0 Å². The fourth-order valence-corrected chi connectivity index (χ4v) is 2.68. The second-order valence-corrected chi connectivity index (χ2v) is 6.01. The lowest BCUT2D eigenvalue weighted by atomic mass is 10.1. The molecular weight excluding hydrogens is 367 g/mol. The summed E-state index contributed by atoms with van der Waals surface area (Å²) in [5, 5.41) is 0. The number of amides is 2. The fraction of sp³-hybridized carbons (Fsp3) is 0.250. The first-order valence-electron chi connectivity index (χ1n) is 8.45. The Morgan fingerprint density at radius 2 is 1.82 bits per heavy atom. The Kier molecular flexibility index (Phi) is 7.08. The van der Waals surface area contributed by atoms with Gasteiger partial charge in [-0.3, -0.25) is 14.5 Å². The predicted molar refractivity (Wildman–Crippen MR) is 99.9 cm³/mol. The number of halogens is 1. The Morgan fingerprint density at radius 1 is 1.14 bits per heavy atom. The van der Waals surface area contributed by atoms with Crippen molar-refractivity contribution in [3.8, 4) is 5.75 Å². The van der Waals surface area contributed by atoms with Crippen LogP contribution in [0.2, 0.25) is 0 Å². The van der Waals surface area contributed by atoms with Crippen molar-refractivity contribution in [2.75, 3.05) is 12.0 Å². The van der Waals surface area contributed by atoms with E-state index < -0.39 is 23.8 Å². The molecule has 0 heterocycles. The number of ether oxygens (including phenoxy) is 2. The van der Waals surface area contributed by atoms with Gasteiger partial charge in [0.2, 0.25) is 11.8 Å². The van der Waals surface area contributed by atoms with Crippen molar-refractivity contribution in [3.05, 3.63) is 59.9 Å². The largest absolute Gasteiger partial charge is 0.489 e. The number of methoxy groups -OCH3 is 1. The number of carbonyl (C=O) groups excluding carboxylic acids is 3. The number of carbonyl (C=O) groups is 3. The molecule has 0 aliphatic rings. The first-order chi connectivity index (χ1) is 13.3. The van der Waals surface area contributed by atoms with Crippen LogP contribution in [-0.2, 0) is 25.7 Å². The van der Waals surface area contributed by atoms with Gasteiger partial charge in [-0.25, -0.2) is 9.18 Å². The Hall–Kier alpha value is -3.42. The summed E-state index contributed by atoms with van der Waals surface area (Å²) in [5.41, 5.74) is 6.25. The molecular formula is C20H21FN2O5. The van der Waals surface area contributed by atoms with Crippen molar-refractivity contribution in [1.29, 1.82) is 0 Å². The van der Waals surface area contributed by atoms with Crippen LogP contribution in [0, 0.1) is 5.82 Å². The maximum Gasteiger partial charge on any atom is 0.329 e. The molecule has 2 aromatic rings. The molecule has 0 aliphatic carbocycles. The van der Waals surface area contributed by atoms with Crippen LogP contribution in [0.3, 0.4) is 0 Å². The number of nitrogens with zero attached hydrogens (tertiary/aromatic N) is 1. The van der Waals surface area contributed by atoms with Crippen molar-refractivity contribution in [3.63, 3.8) is 0 Å². The first-order valence-corrected chi connectivity index (χ1v) is 8.45. The molecule has 0 saturated heterocycles. The minimum absolute atomic E-state index is 0.167. The van der Waals surface area contributed by atoms with Gasteiger partial charge in [0.25, 0.3) is 0 Å². The molecule has 8 heteroatoms. The number of primary amides is 1. The van der Waals surface area contributed by atoms with E-state index in [1.807, 2.05) is 0 Å². The van der Waals surface area contributed by atoms with Gasteiger partial charge in [-0.1, -0.05) is 12.1 Å². The van der Waals surface area contributed by atoms with E-state index in [1.54, 1.807) is 36.4 Å². The number of esters is 1. The Balaban J connectivity index is 2.18. The Labute approximate surface area is 161 Å². The quantitative estimate of drug-likeness (QED) is 0.699. The molecule has 2 N–H and O–H groups in total. The predicted octanol–water partition coefficient (Wildman–Crippen LogP) is 2.17. The summed E-state index contributed by atoms with van der Waals surface area (Å²) >= 11 is 0. The van der Waals surface area contributed by atoms with E-state index in [4.69, 9.17) is 15.2 Å². The lowest BCUT2D eigenvalue weighted by Gasteiger charge is -2.28. The van der Waals surface area contributed by atoms with Gasteiger partial charge in [-0.05, 0) is 42.0 Å². The SMILES string of the molecule is COC(=O)[C@H](CC(N)=O)N(C(C)=O)c1ccc(OCc2cccc(F)c2)cc1. The van der Waals surface area contributed by atoms with Crippen LogP contribution in [-0.4, -0.2) is 30.9 Å². The van der Waals surface area contributed by atoms with Crippen molar-refractivity contribution in [2.45, 2.75) is 26.0 Å². The zero-order valence-electron chi connectivity index (χ0n) is 15.6. The third kappa shape index (κ3) is 5.54. The highest BCUT2D eigenvalue weighted by molar-refractivity contribution is 6.00. The maximum absolute atomic E-state index is 13.2. The third-order valence-electron chi connectivity index (χ3n) is 3.93. The number of nitrogens with two attached hydrogens (primary N) is 1. The number of hydrogen-bond acceptors (Lipinski definition) is 5. The summed E-state index contributed by atoms with van der Waals surface area (Å²) in [4.78, 5) is 36.6. The van der Waals surface area contributed by atoms with E-state index in [0.29, 0.717) is 17.0 Å². The van der Waals surface area contributed by atoms with Gasteiger partial charge in [0, 0.05) is 12.6 Å². The van der Waals surface area contributed by atoms with Crippen LogP contribution in [0.4, 0.5) is 10.1 Å². The molecule has 0 bridgehead atoms. The summed E-state index contributed by atoms with van der Waals surface area (Å²) in [7, 11) is 1.16. The van der Waals surface area contributed by atoms with Crippen LogP contribution in [0.1, 0.15) is 18.9 Å². The highest BCUT2D eigenvalue weighted by Gasteiger charge is 2.31. The van der Waals surface area contributed by atoms with Crippen molar-refractivity contribution in [1.82, 2.24) is 0 Å². The second kappa shape index (κ2) is 9.50. The highest BCUT2D eigenvalue weighted by atomic mass is 19.1. The number of anilines is 1. The van der Waals surface area contributed by atoms with Crippen molar-refractivity contribution < 1.29 is 28.2 Å². The molecule has 0 fully saturated rings. The second-order valence-electron chi connectivity index (χ2n) is 6.01.